The topological polar surface area (TPSA) is 72.2 Å². The van der Waals surface area contributed by atoms with Gasteiger partial charge >= 0.3 is 0 Å². The molecule has 0 spiro atoms. The minimum absolute atomic E-state index is 0.200. The minimum atomic E-state index is -0.200. The second-order valence-corrected chi connectivity index (χ2v) is 7.55. The van der Waals surface area contributed by atoms with Gasteiger partial charge in [-0.25, -0.2) is 15.4 Å². The van der Waals surface area contributed by atoms with Gasteiger partial charge in [0.05, 0.1) is 17.7 Å². The number of hydrazone groups is 1. The number of hydrogen-bond acceptors (Lipinski definition) is 5. The SMILES string of the molecule is Cc1ccc(-n2cccc2/C=N\NC(=O)CSc2nc(C)cc(C)n2)c(C)c1. The van der Waals surface area contributed by atoms with Gasteiger partial charge < -0.3 is 4.57 Å². The molecule has 0 bridgehead atoms. The van der Waals surface area contributed by atoms with Crippen LogP contribution in [0.25, 0.3) is 5.69 Å². The number of aryl methyl sites for hydroxylation is 4. The summed E-state index contributed by atoms with van der Waals surface area (Å²) in [6.45, 7) is 7.98. The minimum Gasteiger partial charge on any atom is -0.315 e. The molecule has 7 heteroatoms. The first-order valence-electron chi connectivity index (χ1n) is 8.94. The molecule has 144 valence electrons. The molecule has 2 heterocycles. The quantitative estimate of drug-likeness (QED) is 0.300. The number of benzene rings is 1. The Balaban J connectivity index is 1.61. The van der Waals surface area contributed by atoms with Gasteiger partial charge in [0, 0.05) is 23.3 Å². The first-order chi connectivity index (χ1) is 13.4. The molecule has 28 heavy (non-hydrogen) atoms. The van der Waals surface area contributed by atoms with Crippen molar-refractivity contribution in [2.75, 3.05) is 5.75 Å². The molecular formula is C21H23N5OS. The fourth-order valence-corrected chi connectivity index (χ4v) is 3.63. The van der Waals surface area contributed by atoms with E-state index in [4.69, 9.17) is 0 Å². The third-order valence-corrected chi connectivity index (χ3v) is 4.92. The smallest absolute Gasteiger partial charge is 0.250 e. The maximum absolute atomic E-state index is 12.1. The number of nitrogens with one attached hydrogen (secondary N) is 1. The zero-order chi connectivity index (χ0) is 20.1. The summed E-state index contributed by atoms with van der Waals surface area (Å²) < 4.78 is 2.04. The zero-order valence-electron chi connectivity index (χ0n) is 16.4. The Kier molecular flexibility index (Phi) is 6.26. The summed E-state index contributed by atoms with van der Waals surface area (Å²) in [6, 6.07) is 12.1. The van der Waals surface area contributed by atoms with Gasteiger partial charge in [0.2, 0.25) is 0 Å². The molecule has 0 saturated heterocycles. The molecule has 0 fully saturated rings. The predicted molar refractivity (Wildman–Crippen MR) is 113 cm³/mol. The highest BCUT2D eigenvalue weighted by molar-refractivity contribution is 7.99. The summed E-state index contributed by atoms with van der Waals surface area (Å²) in [4.78, 5) is 20.7. The summed E-state index contributed by atoms with van der Waals surface area (Å²) >= 11 is 1.29. The number of amides is 1. The second kappa shape index (κ2) is 8.84. The van der Waals surface area contributed by atoms with Crippen molar-refractivity contribution >= 4 is 23.9 Å². The average molecular weight is 394 g/mol. The number of aromatic nitrogens is 3. The first-order valence-corrected chi connectivity index (χ1v) is 9.93. The van der Waals surface area contributed by atoms with Crippen molar-refractivity contribution in [2.24, 2.45) is 5.10 Å². The molecule has 2 aromatic heterocycles. The largest absolute Gasteiger partial charge is 0.315 e. The highest BCUT2D eigenvalue weighted by atomic mass is 32.2. The van der Waals surface area contributed by atoms with E-state index in [-0.39, 0.29) is 11.7 Å². The van der Waals surface area contributed by atoms with Gasteiger partial charge in [-0.05, 0) is 57.5 Å². The monoisotopic (exact) mass is 393 g/mol. The highest BCUT2D eigenvalue weighted by Gasteiger charge is 2.07. The predicted octanol–water partition coefficient (Wildman–Crippen LogP) is 3.74. The van der Waals surface area contributed by atoms with Gasteiger partial charge in [-0.3, -0.25) is 4.79 Å². The molecule has 0 atom stereocenters. The molecule has 0 aliphatic heterocycles. The molecular weight excluding hydrogens is 370 g/mol. The van der Waals surface area contributed by atoms with Gasteiger partial charge in [0.25, 0.3) is 5.91 Å². The zero-order valence-corrected chi connectivity index (χ0v) is 17.2. The Labute approximate surface area is 169 Å². The molecule has 3 aromatic rings. The van der Waals surface area contributed by atoms with E-state index >= 15 is 0 Å². The summed E-state index contributed by atoms with van der Waals surface area (Å²) in [5.41, 5.74) is 8.72. The molecule has 0 radical (unpaired) electrons. The third kappa shape index (κ3) is 5.07. The average Bonchev–Trinajstić information content (AvgIpc) is 3.07. The van der Waals surface area contributed by atoms with E-state index in [0.717, 1.165) is 22.8 Å². The molecule has 0 aliphatic rings. The molecule has 0 unspecified atom stereocenters. The van der Waals surface area contributed by atoms with E-state index in [1.54, 1.807) is 6.21 Å². The van der Waals surface area contributed by atoms with Crippen LogP contribution in [0.1, 0.15) is 28.2 Å². The van der Waals surface area contributed by atoms with Gasteiger partial charge in [-0.2, -0.15) is 5.10 Å². The third-order valence-electron chi connectivity index (χ3n) is 4.07. The lowest BCUT2D eigenvalue weighted by Crippen LogP contribution is -2.20. The van der Waals surface area contributed by atoms with Crippen LogP contribution in [0.3, 0.4) is 0 Å². The Morgan fingerprint density at radius 2 is 1.89 bits per heavy atom. The Morgan fingerprint density at radius 1 is 1.14 bits per heavy atom. The summed E-state index contributed by atoms with van der Waals surface area (Å²) in [6.07, 6.45) is 3.63. The summed E-state index contributed by atoms with van der Waals surface area (Å²) in [5, 5.41) is 4.69. The second-order valence-electron chi connectivity index (χ2n) is 6.61. The number of thioether (sulfide) groups is 1. The van der Waals surface area contributed by atoms with Crippen molar-refractivity contribution in [1.82, 2.24) is 20.0 Å². The Hall–Kier alpha value is -2.93. The Bertz CT molecular complexity index is 1010. The lowest BCUT2D eigenvalue weighted by molar-refractivity contribution is -0.118. The van der Waals surface area contributed by atoms with Crippen LogP contribution < -0.4 is 5.43 Å². The number of hydrogen-bond donors (Lipinski definition) is 1. The van der Waals surface area contributed by atoms with Gasteiger partial charge in [0.15, 0.2) is 5.16 Å². The van der Waals surface area contributed by atoms with Crippen LogP contribution in [-0.2, 0) is 4.79 Å². The van der Waals surface area contributed by atoms with Gasteiger partial charge in [-0.1, -0.05) is 29.5 Å². The van der Waals surface area contributed by atoms with Crippen molar-refractivity contribution in [3.8, 4) is 5.69 Å². The standard InChI is InChI=1S/C21H23N5OS/c1-14-7-8-19(15(2)10-14)26-9-5-6-18(26)12-22-25-20(27)13-28-21-23-16(3)11-17(4)24-21/h5-12H,13H2,1-4H3,(H,25,27)/b22-12-. The van der Waals surface area contributed by atoms with Crippen LogP contribution in [0.4, 0.5) is 0 Å². The number of rotatable bonds is 6. The maximum atomic E-state index is 12.1. The maximum Gasteiger partial charge on any atom is 0.250 e. The van der Waals surface area contributed by atoms with Crippen LogP contribution in [0, 0.1) is 27.7 Å². The highest BCUT2D eigenvalue weighted by Crippen LogP contribution is 2.18. The van der Waals surface area contributed by atoms with E-state index in [1.165, 1.54) is 22.9 Å². The van der Waals surface area contributed by atoms with E-state index in [2.05, 4.69) is 52.5 Å². The van der Waals surface area contributed by atoms with Crippen molar-refractivity contribution in [2.45, 2.75) is 32.9 Å². The van der Waals surface area contributed by atoms with Crippen molar-refractivity contribution in [3.05, 3.63) is 70.8 Å². The molecule has 0 aliphatic carbocycles. The van der Waals surface area contributed by atoms with E-state index in [9.17, 15) is 4.79 Å². The molecule has 1 amide bonds. The fraction of sp³-hybridized carbons (Fsp3) is 0.238. The van der Waals surface area contributed by atoms with Crippen molar-refractivity contribution in [1.29, 1.82) is 0 Å². The van der Waals surface area contributed by atoms with Crippen molar-refractivity contribution in [3.63, 3.8) is 0 Å². The lowest BCUT2D eigenvalue weighted by Gasteiger charge is -2.10. The van der Waals surface area contributed by atoms with Crippen LogP contribution in [0.2, 0.25) is 0 Å². The van der Waals surface area contributed by atoms with Crippen LogP contribution >= 0.6 is 11.8 Å². The fourth-order valence-electron chi connectivity index (χ4n) is 2.89. The lowest BCUT2D eigenvalue weighted by atomic mass is 10.1. The van der Waals surface area contributed by atoms with E-state index in [0.29, 0.717) is 5.16 Å². The van der Waals surface area contributed by atoms with Crippen molar-refractivity contribution < 1.29 is 4.79 Å². The number of carbonyl (C=O) groups excluding carboxylic acids is 1. The van der Waals surface area contributed by atoms with Gasteiger partial charge in [-0.15, -0.1) is 0 Å². The number of carbonyl (C=O) groups is 1. The first kappa shape index (κ1) is 19.8. The van der Waals surface area contributed by atoms with Crippen LogP contribution in [-0.4, -0.2) is 32.4 Å². The molecule has 3 rings (SSSR count). The van der Waals surface area contributed by atoms with E-state index < -0.39 is 0 Å². The summed E-state index contributed by atoms with van der Waals surface area (Å²) in [5.74, 6) is 0.00632. The Morgan fingerprint density at radius 3 is 2.61 bits per heavy atom. The van der Waals surface area contributed by atoms with Gasteiger partial charge in [0.1, 0.15) is 0 Å². The van der Waals surface area contributed by atoms with Crippen LogP contribution in [0.5, 0.6) is 0 Å². The normalized spacial score (nSPS) is 11.1. The van der Waals surface area contributed by atoms with E-state index in [1.807, 2.05) is 42.8 Å². The molecule has 6 nitrogen and oxygen atoms in total. The molecule has 1 N–H and O–H groups in total. The molecule has 0 saturated carbocycles. The summed E-state index contributed by atoms with van der Waals surface area (Å²) in [7, 11) is 0. The number of nitrogens with zero attached hydrogens (tertiary/aromatic N) is 4. The van der Waals surface area contributed by atoms with Crippen LogP contribution in [0.15, 0.2) is 52.9 Å². The molecule has 1 aromatic carbocycles.